The Hall–Kier alpha value is -3.71. The summed E-state index contributed by atoms with van der Waals surface area (Å²) in [6.07, 6.45) is 2.62. The van der Waals surface area contributed by atoms with Gasteiger partial charge in [0.05, 0.1) is 19.7 Å². The summed E-state index contributed by atoms with van der Waals surface area (Å²) in [6, 6.07) is 18.1. The molecule has 1 fully saturated rings. The van der Waals surface area contributed by atoms with E-state index in [4.69, 9.17) is 54.2 Å². The summed E-state index contributed by atoms with van der Waals surface area (Å²) in [4.78, 5) is 22.9. The Morgan fingerprint density at radius 3 is 2.30 bits per heavy atom. The predicted molar refractivity (Wildman–Crippen MR) is 182 cm³/mol. The number of hydrogen-bond donors (Lipinski definition) is 1. The molecule has 44 heavy (non-hydrogen) atoms. The van der Waals surface area contributed by atoms with Crippen LogP contribution < -0.4 is 4.74 Å². The summed E-state index contributed by atoms with van der Waals surface area (Å²) in [6.45, 7) is 14.0. The van der Waals surface area contributed by atoms with Crippen LogP contribution >= 0.6 is 34.8 Å². The van der Waals surface area contributed by atoms with Crippen LogP contribution in [0.15, 0.2) is 89.5 Å². The maximum Gasteiger partial charge on any atom is 0.411 e. The van der Waals surface area contributed by atoms with E-state index < -0.39 is 12.2 Å². The van der Waals surface area contributed by atoms with Gasteiger partial charge in [-0.25, -0.2) is 4.79 Å². The Morgan fingerprint density at radius 1 is 1.09 bits per heavy atom. The zero-order valence-electron chi connectivity index (χ0n) is 25.7. The number of carbonyl (C=O) groups excluding carboxylic acids is 1. The lowest BCUT2D eigenvalue weighted by atomic mass is 9.92. The number of amides is 1. The third-order valence-electron chi connectivity index (χ3n) is 7.02. The summed E-state index contributed by atoms with van der Waals surface area (Å²) < 4.78 is 11.4. The maximum absolute atomic E-state index is 12.8. The van der Waals surface area contributed by atoms with E-state index in [1.807, 2.05) is 51.1 Å². The van der Waals surface area contributed by atoms with Crippen molar-refractivity contribution in [1.29, 1.82) is 0 Å². The lowest BCUT2D eigenvalue weighted by molar-refractivity contribution is -0.122. The number of carboxylic acid groups (broad SMARTS) is 1. The van der Waals surface area contributed by atoms with Gasteiger partial charge in [-0.05, 0) is 98.4 Å². The highest BCUT2D eigenvalue weighted by molar-refractivity contribution is 6.30. The van der Waals surface area contributed by atoms with E-state index in [1.54, 1.807) is 18.1 Å². The summed E-state index contributed by atoms with van der Waals surface area (Å²) in [5.41, 5.74) is 9.43. The monoisotopic (exact) mass is 657 g/mol. The first-order valence-corrected chi connectivity index (χ1v) is 14.9. The zero-order valence-corrected chi connectivity index (χ0v) is 28.0. The van der Waals surface area contributed by atoms with Crippen molar-refractivity contribution in [2.24, 2.45) is 0 Å². The molecule has 0 saturated carbocycles. The van der Waals surface area contributed by atoms with Crippen LogP contribution in [-0.4, -0.2) is 41.8 Å². The minimum absolute atomic E-state index is 0.229. The molecule has 1 N–H and O–H groups in total. The van der Waals surface area contributed by atoms with E-state index >= 15 is 0 Å². The number of cyclic esters (lactones) is 1. The number of halogens is 3. The fourth-order valence-corrected chi connectivity index (χ4v) is 5.09. The SMILES string of the molecule is C/C=C(\C)Cl.C=C(/C=C/Cl)C1OC(=O)N(Cc2cc(Cl)ccc2-c2cc(-c3ccc(C)cc3C)ccc2OC)C1C.O=CO. The van der Waals surface area contributed by atoms with Gasteiger partial charge in [-0.3, -0.25) is 9.69 Å². The Morgan fingerprint density at radius 2 is 1.73 bits per heavy atom. The second-order valence-electron chi connectivity index (χ2n) is 10.1. The van der Waals surface area contributed by atoms with Crippen LogP contribution in [0.5, 0.6) is 5.75 Å². The molecule has 3 aromatic carbocycles. The number of hydrogen-bond acceptors (Lipinski definition) is 4. The molecule has 234 valence electrons. The van der Waals surface area contributed by atoms with E-state index in [0.717, 1.165) is 38.6 Å². The molecular weight excluding hydrogens is 621 g/mol. The third-order valence-corrected chi connectivity index (χ3v) is 7.60. The molecule has 0 bridgehead atoms. The van der Waals surface area contributed by atoms with E-state index in [0.29, 0.717) is 17.1 Å². The van der Waals surface area contributed by atoms with Crippen LogP contribution in [0.1, 0.15) is 37.5 Å². The standard InChI is InChI=1S/C30H29Cl2NO3.C4H7Cl.CH2O2/c1-18-6-9-25(20(3)14-18)22-7-11-28(35-5)27(16-22)26-10-8-24(32)15-23(26)17-33-21(4)29(36-30(33)34)19(2)12-13-31;1-3-4(2)5;2-1-3/h6-16,21,29H,2,17H2,1,3-5H3;3H,1-2H3;1H,(H,2,3)/b13-12+;4-3+;. The summed E-state index contributed by atoms with van der Waals surface area (Å²) in [5, 5.41) is 8.33. The van der Waals surface area contributed by atoms with Crippen molar-refractivity contribution in [3.63, 3.8) is 0 Å². The highest BCUT2D eigenvalue weighted by Gasteiger charge is 2.39. The molecule has 2 unspecified atom stereocenters. The fourth-order valence-electron chi connectivity index (χ4n) is 4.74. The van der Waals surface area contributed by atoms with Crippen LogP contribution in [-0.2, 0) is 16.1 Å². The molecule has 3 aromatic rings. The van der Waals surface area contributed by atoms with E-state index in [1.165, 1.54) is 16.7 Å². The predicted octanol–water partition coefficient (Wildman–Crippen LogP) is 10.2. The van der Waals surface area contributed by atoms with Gasteiger partial charge in [0.2, 0.25) is 0 Å². The highest BCUT2D eigenvalue weighted by Crippen LogP contribution is 2.39. The Bertz CT molecular complexity index is 1530. The Balaban J connectivity index is 0.000000754. The lowest BCUT2D eigenvalue weighted by Crippen LogP contribution is -2.34. The number of ether oxygens (including phenoxy) is 2. The maximum atomic E-state index is 12.8. The van der Waals surface area contributed by atoms with Crippen molar-refractivity contribution in [2.75, 3.05) is 7.11 Å². The van der Waals surface area contributed by atoms with Crippen LogP contribution in [0.25, 0.3) is 22.3 Å². The minimum atomic E-state index is -0.475. The molecule has 1 saturated heterocycles. The molecule has 1 aliphatic heterocycles. The van der Waals surface area contributed by atoms with E-state index in [9.17, 15) is 4.79 Å². The number of aryl methyl sites for hydroxylation is 2. The molecule has 1 aliphatic rings. The smallest absolute Gasteiger partial charge is 0.411 e. The van der Waals surface area contributed by atoms with Gasteiger partial charge < -0.3 is 14.6 Å². The van der Waals surface area contributed by atoms with Crippen LogP contribution in [0.4, 0.5) is 4.79 Å². The second kappa shape index (κ2) is 17.6. The summed E-state index contributed by atoms with van der Waals surface area (Å²) in [5.74, 6) is 0.739. The van der Waals surface area contributed by atoms with Gasteiger partial charge in [-0.15, -0.1) is 0 Å². The van der Waals surface area contributed by atoms with Crippen LogP contribution in [0.2, 0.25) is 5.02 Å². The first kappa shape index (κ1) is 36.5. The van der Waals surface area contributed by atoms with Crippen LogP contribution in [0, 0.1) is 13.8 Å². The van der Waals surface area contributed by atoms with E-state index in [2.05, 4.69) is 50.8 Å². The minimum Gasteiger partial charge on any atom is -0.496 e. The first-order valence-electron chi connectivity index (χ1n) is 13.8. The number of benzene rings is 3. The number of allylic oxidation sites excluding steroid dienone is 2. The molecule has 2 atom stereocenters. The molecule has 4 rings (SSSR count). The van der Waals surface area contributed by atoms with Gasteiger partial charge in [0.1, 0.15) is 11.9 Å². The van der Waals surface area contributed by atoms with Crippen molar-refractivity contribution in [3.8, 4) is 28.0 Å². The van der Waals surface area contributed by atoms with Gasteiger partial charge >= 0.3 is 6.09 Å². The van der Waals surface area contributed by atoms with Gasteiger partial charge in [0.15, 0.2) is 0 Å². The molecule has 1 amide bonds. The molecule has 1 heterocycles. The van der Waals surface area contributed by atoms with Gasteiger partial charge in [-0.1, -0.05) is 83.4 Å². The zero-order chi connectivity index (χ0) is 33.0. The fraction of sp³-hybridized carbons (Fsp3) is 0.257. The summed E-state index contributed by atoms with van der Waals surface area (Å²) >= 11 is 17.5. The van der Waals surface area contributed by atoms with Crippen LogP contribution in [0.3, 0.4) is 0 Å². The lowest BCUT2D eigenvalue weighted by Gasteiger charge is -2.23. The van der Waals surface area contributed by atoms with Gasteiger partial charge in [-0.2, -0.15) is 0 Å². The van der Waals surface area contributed by atoms with Crippen molar-refractivity contribution in [1.82, 2.24) is 4.90 Å². The van der Waals surface area contributed by atoms with Crippen molar-refractivity contribution in [3.05, 3.63) is 111 Å². The molecular formula is C35H38Cl3NO5. The molecule has 0 radical (unpaired) electrons. The molecule has 0 aromatic heterocycles. The van der Waals surface area contributed by atoms with E-state index in [-0.39, 0.29) is 12.5 Å². The normalized spacial score (nSPS) is 16.0. The van der Waals surface area contributed by atoms with Crippen molar-refractivity contribution in [2.45, 2.75) is 53.3 Å². The number of nitrogens with zero attached hydrogens (tertiary/aromatic N) is 1. The molecule has 9 heteroatoms. The largest absolute Gasteiger partial charge is 0.496 e. The Kier molecular flexibility index (Phi) is 14.6. The highest BCUT2D eigenvalue weighted by atomic mass is 35.5. The van der Waals surface area contributed by atoms with Crippen molar-refractivity contribution < 1.29 is 24.2 Å². The van der Waals surface area contributed by atoms with Crippen molar-refractivity contribution >= 4 is 47.4 Å². The second-order valence-corrected chi connectivity index (χ2v) is 11.3. The van der Waals surface area contributed by atoms with Gasteiger partial charge in [0.25, 0.3) is 6.47 Å². The summed E-state index contributed by atoms with van der Waals surface area (Å²) in [7, 11) is 1.66. The molecule has 6 nitrogen and oxygen atoms in total. The Labute approximate surface area is 275 Å². The average molecular weight is 659 g/mol. The molecule has 0 aliphatic carbocycles. The van der Waals surface area contributed by atoms with Gasteiger partial charge in [0, 0.05) is 21.2 Å². The first-order chi connectivity index (χ1) is 20.9. The average Bonchev–Trinajstić information content (AvgIpc) is 3.26. The topological polar surface area (TPSA) is 76.1 Å². The number of methoxy groups -OCH3 is 1. The number of carbonyl (C=O) groups is 2. The quantitative estimate of drug-likeness (QED) is 0.202. The number of rotatable bonds is 7. The third kappa shape index (κ3) is 9.65. The molecule has 0 spiro atoms.